The van der Waals surface area contributed by atoms with E-state index in [2.05, 4.69) is 53.8 Å². The van der Waals surface area contributed by atoms with E-state index in [0.29, 0.717) is 29.1 Å². The molecule has 4 rings (SSSR count). The van der Waals surface area contributed by atoms with Crippen molar-refractivity contribution in [2.75, 3.05) is 7.11 Å². The van der Waals surface area contributed by atoms with Gasteiger partial charge in [0.2, 0.25) is 0 Å². The topological polar surface area (TPSA) is 35.5 Å². The van der Waals surface area contributed by atoms with Gasteiger partial charge in [-0.1, -0.05) is 46.3 Å². The van der Waals surface area contributed by atoms with Crippen molar-refractivity contribution in [1.29, 1.82) is 0 Å². The minimum Gasteiger partial charge on any atom is -0.414 e. The number of fused-ring (bicyclic) bond motifs is 5. The second-order valence-corrected chi connectivity index (χ2v) is 18.4. The molecule has 4 heteroatoms. The summed E-state index contributed by atoms with van der Waals surface area (Å²) >= 11 is 0. The molecule has 0 saturated heterocycles. The Balaban J connectivity index is 1.56. The molecule has 0 aromatic rings. The van der Waals surface area contributed by atoms with E-state index in [1.807, 2.05) is 7.11 Å². The molecule has 0 unspecified atom stereocenters. The van der Waals surface area contributed by atoms with Gasteiger partial charge >= 0.3 is 0 Å². The Morgan fingerprint density at radius 3 is 2.41 bits per heavy atom. The molecule has 182 valence electrons. The van der Waals surface area contributed by atoms with Crippen LogP contribution in [0.2, 0.25) is 18.1 Å². The monoisotopic (exact) mass is 460 g/mol. The summed E-state index contributed by atoms with van der Waals surface area (Å²) in [6.45, 7) is 18.6. The van der Waals surface area contributed by atoms with Gasteiger partial charge in [0.15, 0.2) is 8.32 Å². The fourth-order valence-corrected chi connectivity index (χ4v) is 9.66. The smallest absolute Gasteiger partial charge is 0.192 e. The number of ether oxygens (including phenoxy) is 1. The van der Waals surface area contributed by atoms with Gasteiger partial charge in [-0.05, 0) is 98.6 Å². The minimum atomic E-state index is -1.74. The number of ketones is 1. The number of Topliss-reactive ketones (excluding diaryl/α,β-unsaturated/α-hetero) is 1. The van der Waals surface area contributed by atoms with E-state index >= 15 is 0 Å². The molecule has 3 fully saturated rings. The number of methoxy groups -OCH3 is 1. The summed E-state index contributed by atoms with van der Waals surface area (Å²) in [6.07, 6.45) is 11.4. The molecular formula is C28H48O3Si. The van der Waals surface area contributed by atoms with Crippen LogP contribution >= 0.6 is 0 Å². The second-order valence-electron chi connectivity index (χ2n) is 13.6. The first-order chi connectivity index (χ1) is 14.7. The van der Waals surface area contributed by atoms with Crippen LogP contribution in [0.4, 0.5) is 0 Å². The van der Waals surface area contributed by atoms with Crippen molar-refractivity contribution < 1.29 is 14.0 Å². The summed E-state index contributed by atoms with van der Waals surface area (Å²) in [5, 5.41) is 0.265. The van der Waals surface area contributed by atoms with Crippen LogP contribution in [0.25, 0.3) is 0 Å². The van der Waals surface area contributed by atoms with Gasteiger partial charge in [-0.15, -0.1) is 0 Å². The van der Waals surface area contributed by atoms with Crippen LogP contribution in [0.5, 0.6) is 0 Å². The summed E-state index contributed by atoms with van der Waals surface area (Å²) in [6, 6.07) is 0. The van der Waals surface area contributed by atoms with Crippen molar-refractivity contribution in [3.05, 3.63) is 11.6 Å². The molecule has 3 nitrogen and oxygen atoms in total. The van der Waals surface area contributed by atoms with E-state index < -0.39 is 8.32 Å². The van der Waals surface area contributed by atoms with Gasteiger partial charge in [0, 0.05) is 19.1 Å². The summed E-state index contributed by atoms with van der Waals surface area (Å²) in [5.74, 6) is 2.46. The first-order valence-electron chi connectivity index (χ1n) is 13.1. The van der Waals surface area contributed by atoms with Crippen LogP contribution in [0, 0.1) is 34.5 Å². The van der Waals surface area contributed by atoms with E-state index in [1.54, 1.807) is 12.5 Å². The lowest BCUT2D eigenvalue weighted by atomic mass is 9.47. The van der Waals surface area contributed by atoms with Crippen LogP contribution in [-0.2, 0) is 14.0 Å². The molecule has 0 aliphatic heterocycles. The van der Waals surface area contributed by atoms with Gasteiger partial charge in [0.1, 0.15) is 5.78 Å². The van der Waals surface area contributed by atoms with Crippen LogP contribution in [0.3, 0.4) is 0 Å². The predicted octanol–water partition coefficient (Wildman–Crippen LogP) is 7.17. The van der Waals surface area contributed by atoms with Crippen LogP contribution < -0.4 is 0 Å². The molecule has 0 N–H and O–H groups in total. The van der Waals surface area contributed by atoms with Gasteiger partial charge in [0.25, 0.3) is 0 Å². The molecular weight excluding hydrogens is 412 g/mol. The lowest BCUT2D eigenvalue weighted by Crippen LogP contribution is -2.52. The third-order valence-corrected chi connectivity index (χ3v) is 15.6. The first kappa shape index (κ1) is 24.7. The molecule has 3 saturated carbocycles. The average molecular weight is 461 g/mol. The number of hydrogen-bond donors (Lipinski definition) is 0. The predicted molar refractivity (Wildman–Crippen MR) is 134 cm³/mol. The Kier molecular flexibility index (Phi) is 6.21. The molecule has 0 heterocycles. The van der Waals surface area contributed by atoms with Crippen LogP contribution in [0.15, 0.2) is 11.6 Å². The fourth-order valence-electron chi connectivity index (χ4n) is 8.27. The third kappa shape index (κ3) is 3.71. The molecule has 0 spiro atoms. The van der Waals surface area contributed by atoms with Gasteiger partial charge in [0.05, 0.1) is 6.10 Å². The summed E-state index contributed by atoms with van der Waals surface area (Å²) in [4.78, 5) is 12.6. The van der Waals surface area contributed by atoms with Gasteiger partial charge in [-0.2, -0.15) is 0 Å². The highest BCUT2D eigenvalue weighted by Crippen LogP contribution is 2.66. The molecule has 4 aliphatic carbocycles. The highest BCUT2D eigenvalue weighted by atomic mass is 28.4. The molecule has 0 amide bonds. The van der Waals surface area contributed by atoms with Crippen molar-refractivity contribution in [3.63, 3.8) is 0 Å². The lowest BCUT2D eigenvalue weighted by Gasteiger charge is -2.58. The molecule has 0 aromatic carbocycles. The van der Waals surface area contributed by atoms with E-state index in [4.69, 9.17) is 9.16 Å². The van der Waals surface area contributed by atoms with Crippen molar-refractivity contribution in [2.24, 2.45) is 34.5 Å². The van der Waals surface area contributed by atoms with Crippen molar-refractivity contribution in [3.8, 4) is 0 Å². The maximum atomic E-state index is 12.6. The number of rotatable bonds is 4. The van der Waals surface area contributed by atoms with Crippen molar-refractivity contribution >= 4 is 14.1 Å². The van der Waals surface area contributed by atoms with Gasteiger partial charge < -0.3 is 9.16 Å². The number of carbonyl (C=O) groups is 1. The van der Waals surface area contributed by atoms with Crippen LogP contribution in [0.1, 0.15) is 86.5 Å². The molecule has 8 atom stereocenters. The molecule has 4 aliphatic rings. The van der Waals surface area contributed by atoms with Crippen LogP contribution in [-0.4, -0.2) is 33.4 Å². The largest absolute Gasteiger partial charge is 0.414 e. The Morgan fingerprint density at radius 2 is 1.81 bits per heavy atom. The average Bonchev–Trinajstić information content (AvgIpc) is 2.99. The molecule has 0 aromatic heterocycles. The highest BCUT2D eigenvalue weighted by molar-refractivity contribution is 6.74. The summed E-state index contributed by atoms with van der Waals surface area (Å²) in [5.41, 5.74) is 2.11. The fraction of sp³-hybridized carbons (Fsp3) is 0.893. The van der Waals surface area contributed by atoms with Gasteiger partial charge in [-0.25, -0.2) is 0 Å². The third-order valence-electron chi connectivity index (χ3n) is 11.1. The standard InChI is InChI=1S/C28H48O3Si/c1-18(29)25-24(30-7)17-23-21-11-10-19-16-20(31-32(8,9)26(2,3)4)12-14-27(19,5)22(21)13-15-28(23,25)6/h10,20-25H,11-17H2,1-9H3/t20-,21+,22-,23+,24+,25-,27-,28-/m0/s1. The number of carbonyl (C=O) groups excluding carboxylic acids is 1. The Labute approximate surface area is 198 Å². The zero-order chi connectivity index (χ0) is 23.7. The Bertz CT molecular complexity index is 780. The van der Waals surface area contributed by atoms with E-state index in [9.17, 15) is 4.79 Å². The van der Waals surface area contributed by atoms with Crippen molar-refractivity contribution in [2.45, 2.75) is 117 Å². The Hall–Kier alpha value is -0.453. The highest BCUT2D eigenvalue weighted by Gasteiger charge is 2.62. The molecule has 0 bridgehead atoms. The zero-order valence-electron chi connectivity index (χ0n) is 22.2. The number of hydrogen-bond acceptors (Lipinski definition) is 3. The van der Waals surface area contributed by atoms with E-state index in [0.717, 1.165) is 18.8 Å². The molecule has 0 radical (unpaired) electrons. The maximum absolute atomic E-state index is 12.6. The lowest BCUT2D eigenvalue weighted by molar-refractivity contribution is -0.131. The van der Waals surface area contributed by atoms with E-state index in [1.165, 1.54) is 32.1 Å². The first-order valence-corrected chi connectivity index (χ1v) is 16.1. The second kappa shape index (κ2) is 8.05. The SMILES string of the molecule is CO[C@@H]1C[C@@H]2[C@@H]3CC=C4C[C@@H](O[Si](C)(C)C(C)(C)C)CC[C@]4(C)[C@H]3CC[C@]2(C)[C@H]1C(C)=O. The Morgan fingerprint density at radius 1 is 1.12 bits per heavy atom. The van der Waals surface area contributed by atoms with Crippen molar-refractivity contribution in [1.82, 2.24) is 0 Å². The van der Waals surface area contributed by atoms with E-state index in [-0.39, 0.29) is 22.5 Å². The molecule has 32 heavy (non-hydrogen) atoms. The maximum Gasteiger partial charge on any atom is 0.192 e. The summed E-state index contributed by atoms with van der Waals surface area (Å²) in [7, 11) is 0.0694. The summed E-state index contributed by atoms with van der Waals surface area (Å²) < 4.78 is 12.8. The zero-order valence-corrected chi connectivity index (χ0v) is 23.2. The normalized spacial score (nSPS) is 44.3. The van der Waals surface area contributed by atoms with Gasteiger partial charge in [-0.3, -0.25) is 4.79 Å². The number of allylic oxidation sites excluding steroid dienone is 1. The quantitative estimate of drug-likeness (QED) is 0.329. The minimum absolute atomic E-state index is 0.0744.